The summed E-state index contributed by atoms with van der Waals surface area (Å²) in [5.41, 5.74) is 2.15. The van der Waals surface area contributed by atoms with Gasteiger partial charge in [0.2, 0.25) is 0 Å². The molecule has 7 heteroatoms. The van der Waals surface area contributed by atoms with E-state index in [-0.39, 0.29) is 26.3 Å². The van der Waals surface area contributed by atoms with E-state index in [4.69, 9.17) is 0 Å². The molecular weight excluding hydrogens is 313 g/mol. The normalized spacial score (nSPS) is 12.7. The molecule has 0 saturated heterocycles. The maximum atomic E-state index is 11.4. The molecule has 1 heterocycles. The van der Waals surface area contributed by atoms with E-state index in [1.54, 1.807) is 6.07 Å². The van der Waals surface area contributed by atoms with Crippen molar-refractivity contribution < 1.29 is 14.6 Å². The van der Waals surface area contributed by atoms with Gasteiger partial charge in [-0.25, -0.2) is 0 Å². The van der Waals surface area contributed by atoms with E-state index < -0.39 is 5.97 Å². The molecule has 19 heavy (non-hydrogen) atoms. The van der Waals surface area contributed by atoms with Crippen molar-refractivity contribution in [3.63, 3.8) is 0 Å². The predicted molar refractivity (Wildman–Crippen MR) is 72.0 cm³/mol. The summed E-state index contributed by atoms with van der Waals surface area (Å²) in [7, 11) is 1.25. The number of fused-ring (bicyclic) bond motifs is 1. The molecule has 2 aromatic rings. The summed E-state index contributed by atoms with van der Waals surface area (Å²) in [6, 6.07) is 5.46. The minimum absolute atomic E-state index is 0.0144. The number of aliphatic hydroxyl groups is 1. The fraction of sp³-hybridized carbons (Fsp3) is 0.167. The molecule has 1 N–H and O–H groups in total. The van der Waals surface area contributed by atoms with Crippen LogP contribution in [0.15, 0.2) is 34.5 Å². The summed E-state index contributed by atoms with van der Waals surface area (Å²) >= 11 is -0.137. The third-order valence-electron chi connectivity index (χ3n) is 2.39. The molecule has 0 unspecified atom stereocenters. The second-order valence-corrected chi connectivity index (χ2v) is 4.77. The van der Waals surface area contributed by atoms with Crippen molar-refractivity contribution in [1.29, 1.82) is 0 Å². The van der Waals surface area contributed by atoms with Gasteiger partial charge in [-0.2, -0.15) is 0 Å². The number of aliphatic hydroxyl groups excluding tert-OH is 1. The van der Waals surface area contributed by atoms with Gasteiger partial charge in [-0.15, -0.1) is 0 Å². The first-order chi connectivity index (χ1) is 9.13. The summed E-state index contributed by atoms with van der Waals surface area (Å²) in [5, 5.41) is 9.43. The summed E-state index contributed by atoms with van der Waals surface area (Å²) in [5.74, 6) is -0.781. The van der Waals surface area contributed by atoms with Gasteiger partial charge in [0.15, 0.2) is 0 Å². The van der Waals surface area contributed by atoms with Crippen LogP contribution in [0.4, 0.5) is 5.69 Å². The predicted octanol–water partition coefficient (Wildman–Crippen LogP) is 1.39. The SMILES string of the molecule is COC(=O)/C(C=Nc1cccc2n[se]nc12)=C(/C)O. The molecule has 98 valence electrons. The van der Waals surface area contributed by atoms with Gasteiger partial charge in [0, 0.05) is 0 Å². The van der Waals surface area contributed by atoms with Gasteiger partial charge in [-0.05, 0) is 0 Å². The summed E-state index contributed by atoms with van der Waals surface area (Å²) in [6.45, 7) is 1.40. The Morgan fingerprint density at radius 2 is 2.26 bits per heavy atom. The number of hydrogen-bond donors (Lipinski definition) is 1. The van der Waals surface area contributed by atoms with Crippen LogP contribution in [-0.4, -0.2) is 47.3 Å². The van der Waals surface area contributed by atoms with Crippen LogP contribution >= 0.6 is 0 Å². The molecule has 0 radical (unpaired) electrons. The Balaban J connectivity index is 2.39. The van der Waals surface area contributed by atoms with Gasteiger partial charge in [0.25, 0.3) is 0 Å². The van der Waals surface area contributed by atoms with Crippen molar-refractivity contribution in [2.24, 2.45) is 4.99 Å². The fourth-order valence-electron chi connectivity index (χ4n) is 1.43. The van der Waals surface area contributed by atoms with E-state index in [0.29, 0.717) is 5.69 Å². The van der Waals surface area contributed by atoms with E-state index in [1.807, 2.05) is 12.1 Å². The number of hydrogen-bond acceptors (Lipinski definition) is 6. The number of nitrogens with zero attached hydrogens (tertiary/aromatic N) is 3. The Labute approximate surface area is 115 Å². The van der Waals surface area contributed by atoms with Gasteiger partial charge >= 0.3 is 115 Å². The van der Waals surface area contributed by atoms with E-state index in [2.05, 4.69) is 17.7 Å². The molecule has 0 aliphatic rings. The summed E-state index contributed by atoms with van der Waals surface area (Å²) in [6.07, 6.45) is 1.28. The molecule has 0 spiro atoms. The molecule has 0 aliphatic carbocycles. The maximum absolute atomic E-state index is 11.4. The molecule has 0 saturated carbocycles. The van der Waals surface area contributed by atoms with Crippen molar-refractivity contribution in [3.8, 4) is 0 Å². The molecular formula is C12H11N3O3Se. The average molecular weight is 324 g/mol. The van der Waals surface area contributed by atoms with E-state index in [1.165, 1.54) is 20.2 Å². The van der Waals surface area contributed by atoms with E-state index in [0.717, 1.165) is 11.0 Å². The van der Waals surface area contributed by atoms with E-state index in [9.17, 15) is 9.90 Å². The van der Waals surface area contributed by atoms with E-state index >= 15 is 0 Å². The molecule has 2 rings (SSSR count). The number of rotatable bonds is 3. The van der Waals surface area contributed by atoms with Gasteiger partial charge in [-0.3, -0.25) is 0 Å². The second kappa shape index (κ2) is 5.77. The molecule has 6 nitrogen and oxygen atoms in total. The Morgan fingerprint density at radius 3 is 2.95 bits per heavy atom. The number of aromatic nitrogens is 2. The first-order valence-corrected chi connectivity index (χ1v) is 6.90. The van der Waals surface area contributed by atoms with Crippen LogP contribution in [0.3, 0.4) is 0 Å². The molecule has 0 bridgehead atoms. The topological polar surface area (TPSA) is 84.7 Å². The zero-order chi connectivity index (χ0) is 13.8. The van der Waals surface area contributed by atoms with Gasteiger partial charge in [0.05, 0.1) is 0 Å². The fourth-order valence-corrected chi connectivity index (χ4v) is 2.58. The van der Waals surface area contributed by atoms with Crippen LogP contribution in [0.5, 0.6) is 0 Å². The Kier molecular flexibility index (Phi) is 4.09. The quantitative estimate of drug-likeness (QED) is 0.303. The minimum atomic E-state index is -0.637. The standard InChI is InChI=1S/C12H11N3O3Se/c1-7(16)8(12(17)18-2)6-13-9-4-3-5-10-11(9)15-19-14-10/h3-6,16H,1-2H3/b8-7-,13-6?. The molecule has 0 fully saturated rings. The number of methoxy groups -OCH3 is 1. The van der Waals surface area contributed by atoms with Crippen LogP contribution in [0.1, 0.15) is 6.92 Å². The zero-order valence-corrected chi connectivity index (χ0v) is 12.0. The molecule has 0 amide bonds. The Bertz CT molecular complexity index is 672. The number of allylic oxidation sites excluding steroid dienone is 1. The third-order valence-corrected chi connectivity index (χ3v) is 3.53. The van der Waals surface area contributed by atoms with Gasteiger partial charge in [-0.1, -0.05) is 0 Å². The molecule has 1 aromatic carbocycles. The van der Waals surface area contributed by atoms with Crippen LogP contribution in [0.2, 0.25) is 0 Å². The van der Waals surface area contributed by atoms with Crippen molar-refractivity contribution in [2.45, 2.75) is 6.92 Å². The van der Waals surface area contributed by atoms with Gasteiger partial charge in [0.1, 0.15) is 0 Å². The van der Waals surface area contributed by atoms with Crippen LogP contribution in [-0.2, 0) is 9.53 Å². The molecule has 1 aromatic heterocycles. The molecule has 0 atom stereocenters. The summed E-state index contributed by atoms with van der Waals surface area (Å²) in [4.78, 5) is 15.6. The van der Waals surface area contributed by atoms with Crippen LogP contribution in [0, 0.1) is 0 Å². The van der Waals surface area contributed by atoms with Crippen LogP contribution < -0.4 is 0 Å². The number of ether oxygens (including phenoxy) is 1. The monoisotopic (exact) mass is 325 g/mol. The number of benzene rings is 1. The van der Waals surface area contributed by atoms with Crippen LogP contribution in [0.25, 0.3) is 11.0 Å². The number of carbonyl (C=O) groups is 1. The Hall–Kier alpha value is -1.98. The zero-order valence-electron chi connectivity index (χ0n) is 10.3. The molecule has 0 aliphatic heterocycles. The number of carbonyl (C=O) groups excluding carboxylic acids is 1. The third kappa shape index (κ3) is 2.89. The van der Waals surface area contributed by atoms with Crippen molar-refractivity contribution in [1.82, 2.24) is 7.96 Å². The second-order valence-electron chi connectivity index (χ2n) is 3.66. The average Bonchev–Trinajstić information content (AvgIpc) is 2.87. The van der Waals surface area contributed by atoms with Crippen molar-refractivity contribution >= 4 is 43.9 Å². The summed E-state index contributed by atoms with van der Waals surface area (Å²) < 4.78 is 13.1. The first kappa shape index (κ1) is 13.5. The van der Waals surface area contributed by atoms with Gasteiger partial charge < -0.3 is 0 Å². The Morgan fingerprint density at radius 1 is 1.47 bits per heavy atom. The number of esters is 1. The van der Waals surface area contributed by atoms with Crippen molar-refractivity contribution in [3.05, 3.63) is 29.5 Å². The van der Waals surface area contributed by atoms with Crippen molar-refractivity contribution in [2.75, 3.05) is 7.11 Å². The first-order valence-electron chi connectivity index (χ1n) is 5.37. The number of aliphatic imine (C=N–C) groups is 1.